The molecule has 8 heteroatoms. The Balaban J connectivity index is 1.98. The predicted molar refractivity (Wildman–Crippen MR) is 86.4 cm³/mol. The smallest absolute Gasteiger partial charge is 0.260 e. The van der Waals surface area contributed by atoms with Crippen molar-refractivity contribution >= 4 is 38.9 Å². The minimum Gasteiger partial charge on any atom is -0.482 e. The van der Waals surface area contributed by atoms with Crippen LogP contribution in [0, 0.1) is 0 Å². The molecule has 122 valence electrons. The summed E-state index contributed by atoms with van der Waals surface area (Å²) in [5.74, 6) is 0.268. The number of benzene rings is 1. The molecule has 0 spiro atoms. The topological polar surface area (TPSA) is 63.7 Å². The molecule has 1 aliphatic rings. The molecule has 0 aromatic heterocycles. The van der Waals surface area contributed by atoms with E-state index >= 15 is 0 Å². The van der Waals surface area contributed by atoms with Gasteiger partial charge in [0.05, 0.1) is 16.5 Å². The SMILES string of the molecule is CCN(C(=O)COc1ccc(Cl)cc1Cl)[C@H]1CCS(=O)(=O)C1. The maximum atomic E-state index is 12.3. The number of hydrogen-bond donors (Lipinski definition) is 0. The van der Waals surface area contributed by atoms with Gasteiger partial charge in [-0.3, -0.25) is 4.79 Å². The fourth-order valence-corrected chi connectivity index (χ4v) is 4.67. The Morgan fingerprint density at radius 1 is 1.41 bits per heavy atom. The standard InChI is InChI=1S/C14H17Cl2NO4S/c1-2-17(11-5-6-22(19,20)9-11)14(18)8-21-13-4-3-10(15)7-12(13)16/h3-4,7,11H,2,5-6,8-9H2,1H3/t11-/m0/s1. The molecule has 0 unspecified atom stereocenters. The molecule has 1 aromatic rings. The summed E-state index contributed by atoms with van der Waals surface area (Å²) >= 11 is 11.8. The number of amides is 1. The number of rotatable bonds is 5. The molecule has 0 aliphatic carbocycles. The monoisotopic (exact) mass is 365 g/mol. The third kappa shape index (κ3) is 4.27. The molecule has 1 amide bonds. The molecule has 1 aliphatic heterocycles. The van der Waals surface area contributed by atoms with Gasteiger partial charge in [0.25, 0.3) is 5.91 Å². The zero-order chi connectivity index (χ0) is 16.3. The van der Waals surface area contributed by atoms with Crippen LogP contribution >= 0.6 is 23.2 Å². The minimum absolute atomic E-state index is 0.0221. The van der Waals surface area contributed by atoms with Crippen molar-refractivity contribution in [3.63, 3.8) is 0 Å². The summed E-state index contributed by atoms with van der Waals surface area (Å²) in [6, 6.07) is 4.47. The fourth-order valence-electron chi connectivity index (χ4n) is 2.47. The number of carbonyl (C=O) groups is 1. The van der Waals surface area contributed by atoms with Crippen LogP contribution in [0.15, 0.2) is 18.2 Å². The van der Waals surface area contributed by atoms with Crippen LogP contribution in [0.4, 0.5) is 0 Å². The molecule has 1 atom stereocenters. The first-order valence-corrected chi connectivity index (χ1v) is 9.48. The molecular weight excluding hydrogens is 349 g/mol. The largest absolute Gasteiger partial charge is 0.482 e. The summed E-state index contributed by atoms with van der Waals surface area (Å²) < 4.78 is 28.5. The highest BCUT2D eigenvalue weighted by Crippen LogP contribution is 2.27. The first-order valence-electron chi connectivity index (χ1n) is 6.90. The summed E-state index contributed by atoms with van der Waals surface area (Å²) in [7, 11) is -3.03. The Kier molecular flexibility index (Phi) is 5.58. The molecule has 22 heavy (non-hydrogen) atoms. The highest BCUT2D eigenvalue weighted by molar-refractivity contribution is 7.91. The van der Waals surface area contributed by atoms with Crippen molar-refractivity contribution in [3.8, 4) is 5.75 Å². The Labute approximate surface area is 140 Å². The van der Waals surface area contributed by atoms with E-state index in [0.717, 1.165) is 0 Å². The molecule has 5 nitrogen and oxygen atoms in total. The van der Waals surface area contributed by atoms with Crippen LogP contribution in [-0.2, 0) is 14.6 Å². The van der Waals surface area contributed by atoms with Gasteiger partial charge in [-0.15, -0.1) is 0 Å². The van der Waals surface area contributed by atoms with Gasteiger partial charge in [-0.05, 0) is 31.5 Å². The number of carbonyl (C=O) groups excluding carboxylic acids is 1. The summed E-state index contributed by atoms with van der Waals surface area (Å²) in [4.78, 5) is 13.8. The molecule has 1 fully saturated rings. The van der Waals surface area contributed by atoms with Crippen LogP contribution in [0.5, 0.6) is 5.75 Å². The normalized spacial score (nSPS) is 19.9. The van der Waals surface area contributed by atoms with E-state index in [4.69, 9.17) is 27.9 Å². The van der Waals surface area contributed by atoms with Crippen LogP contribution in [0.1, 0.15) is 13.3 Å². The lowest BCUT2D eigenvalue weighted by molar-refractivity contribution is -0.135. The quantitative estimate of drug-likeness (QED) is 0.803. The zero-order valence-corrected chi connectivity index (χ0v) is 14.4. The van der Waals surface area contributed by atoms with E-state index in [9.17, 15) is 13.2 Å². The molecule has 2 rings (SSSR count). The number of likely N-dealkylation sites (N-methyl/N-ethyl adjacent to an activating group) is 1. The van der Waals surface area contributed by atoms with E-state index in [2.05, 4.69) is 0 Å². The number of halogens is 2. The summed E-state index contributed by atoms with van der Waals surface area (Å²) in [6.45, 7) is 2.07. The van der Waals surface area contributed by atoms with Crippen molar-refractivity contribution < 1.29 is 17.9 Å². The average molecular weight is 366 g/mol. The van der Waals surface area contributed by atoms with Gasteiger partial charge in [-0.1, -0.05) is 23.2 Å². The maximum Gasteiger partial charge on any atom is 0.260 e. The molecule has 0 N–H and O–H groups in total. The summed E-state index contributed by atoms with van der Waals surface area (Å²) in [6.07, 6.45) is 0.476. The summed E-state index contributed by atoms with van der Waals surface area (Å²) in [5, 5.41) is 0.807. The minimum atomic E-state index is -3.03. The number of sulfone groups is 1. The van der Waals surface area contributed by atoms with Crippen LogP contribution in [0.3, 0.4) is 0 Å². The van der Waals surface area contributed by atoms with Crippen LogP contribution in [-0.4, -0.2) is 49.9 Å². The fraction of sp³-hybridized carbons (Fsp3) is 0.500. The number of hydrogen-bond acceptors (Lipinski definition) is 4. The van der Waals surface area contributed by atoms with Crippen LogP contribution < -0.4 is 4.74 Å². The highest BCUT2D eigenvalue weighted by atomic mass is 35.5. The van der Waals surface area contributed by atoms with Gasteiger partial charge in [0.15, 0.2) is 16.4 Å². The van der Waals surface area contributed by atoms with E-state index in [-0.39, 0.29) is 30.1 Å². The zero-order valence-electron chi connectivity index (χ0n) is 12.1. The molecule has 0 radical (unpaired) electrons. The van der Waals surface area contributed by atoms with Crippen molar-refractivity contribution in [3.05, 3.63) is 28.2 Å². The maximum absolute atomic E-state index is 12.3. The van der Waals surface area contributed by atoms with E-state index in [1.165, 1.54) is 6.07 Å². The van der Waals surface area contributed by atoms with Crippen molar-refractivity contribution in [2.45, 2.75) is 19.4 Å². The second kappa shape index (κ2) is 7.06. The Morgan fingerprint density at radius 3 is 2.68 bits per heavy atom. The molecule has 1 saturated heterocycles. The molecular formula is C14H17Cl2NO4S. The van der Waals surface area contributed by atoms with Crippen molar-refractivity contribution in [1.29, 1.82) is 0 Å². The lowest BCUT2D eigenvalue weighted by Gasteiger charge is -2.26. The molecule has 1 heterocycles. The van der Waals surface area contributed by atoms with Gasteiger partial charge in [0, 0.05) is 17.6 Å². The van der Waals surface area contributed by atoms with Crippen molar-refractivity contribution in [2.24, 2.45) is 0 Å². The molecule has 1 aromatic carbocycles. The molecule has 0 bridgehead atoms. The van der Waals surface area contributed by atoms with Crippen LogP contribution in [0.2, 0.25) is 10.0 Å². The van der Waals surface area contributed by atoms with Gasteiger partial charge in [0.1, 0.15) is 5.75 Å². The third-order valence-corrected chi connectivity index (χ3v) is 5.84. The second-order valence-electron chi connectivity index (χ2n) is 5.10. The van der Waals surface area contributed by atoms with Gasteiger partial charge < -0.3 is 9.64 Å². The van der Waals surface area contributed by atoms with Crippen molar-refractivity contribution in [1.82, 2.24) is 4.90 Å². The number of ether oxygens (including phenoxy) is 1. The van der Waals surface area contributed by atoms with E-state index in [1.807, 2.05) is 6.92 Å². The Hall–Kier alpha value is -0.980. The van der Waals surface area contributed by atoms with Gasteiger partial charge in [-0.25, -0.2) is 8.42 Å². The van der Waals surface area contributed by atoms with Gasteiger partial charge in [0.2, 0.25) is 0 Å². The summed E-state index contributed by atoms with van der Waals surface area (Å²) in [5.41, 5.74) is 0. The van der Waals surface area contributed by atoms with E-state index in [1.54, 1.807) is 17.0 Å². The first kappa shape index (κ1) is 17.4. The van der Waals surface area contributed by atoms with Crippen molar-refractivity contribution in [2.75, 3.05) is 24.7 Å². The lowest BCUT2D eigenvalue weighted by atomic mass is 10.2. The average Bonchev–Trinajstić information content (AvgIpc) is 2.78. The predicted octanol–water partition coefficient (Wildman–Crippen LogP) is 2.41. The molecule has 0 saturated carbocycles. The van der Waals surface area contributed by atoms with E-state index < -0.39 is 9.84 Å². The highest BCUT2D eigenvalue weighted by Gasteiger charge is 2.33. The van der Waals surface area contributed by atoms with E-state index in [0.29, 0.717) is 28.8 Å². The first-order chi connectivity index (χ1) is 10.3. The Morgan fingerprint density at radius 2 is 2.14 bits per heavy atom. The van der Waals surface area contributed by atoms with Crippen LogP contribution in [0.25, 0.3) is 0 Å². The Bertz CT molecular complexity index is 663. The third-order valence-electron chi connectivity index (χ3n) is 3.56. The second-order valence-corrected chi connectivity index (χ2v) is 8.17. The van der Waals surface area contributed by atoms with Gasteiger partial charge in [-0.2, -0.15) is 0 Å². The number of nitrogens with zero attached hydrogens (tertiary/aromatic N) is 1. The van der Waals surface area contributed by atoms with Gasteiger partial charge >= 0.3 is 0 Å². The lowest BCUT2D eigenvalue weighted by Crippen LogP contribution is -2.43.